The van der Waals surface area contributed by atoms with E-state index in [9.17, 15) is 13.2 Å². The van der Waals surface area contributed by atoms with Crippen LogP contribution in [-0.4, -0.2) is 94.0 Å². The van der Waals surface area contributed by atoms with E-state index in [2.05, 4.69) is 41.0 Å². The average Bonchev–Trinajstić information content (AvgIpc) is 3.18. The number of sulfonamides is 1. The summed E-state index contributed by atoms with van der Waals surface area (Å²) in [6.07, 6.45) is 3.78. The number of rotatable bonds is 6. The zero-order chi connectivity index (χ0) is 24.5. The third-order valence-corrected chi connectivity index (χ3v) is 10.9. The minimum absolute atomic E-state index is 0.0590. The molecule has 4 fully saturated rings. The van der Waals surface area contributed by atoms with Crippen molar-refractivity contribution in [3.05, 3.63) is 29.8 Å². The van der Waals surface area contributed by atoms with Gasteiger partial charge in [-0.25, -0.2) is 12.7 Å². The van der Waals surface area contributed by atoms with Crippen molar-refractivity contribution in [1.82, 2.24) is 9.21 Å². The van der Waals surface area contributed by atoms with Gasteiger partial charge in [-0.3, -0.25) is 9.69 Å². The molecule has 4 heterocycles. The Morgan fingerprint density at radius 3 is 2.29 bits per heavy atom. The second-order valence-electron chi connectivity index (χ2n) is 10.7. The highest BCUT2D eigenvalue weighted by Crippen LogP contribution is 2.44. The zero-order valence-electron chi connectivity index (χ0n) is 20.9. The second kappa shape index (κ2) is 10.4. The molecule has 4 aliphatic rings. The van der Waals surface area contributed by atoms with E-state index in [1.807, 2.05) is 0 Å². The van der Waals surface area contributed by atoms with E-state index < -0.39 is 15.4 Å². The first-order chi connectivity index (χ1) is 16.9. The van der Waals surface area contributed by atoms with Gasteiger partial charge in [0.1, 0.15) is 6.10 Å². The summed E-state index contributed by atoms with van der Waals surface area (Å²) in [5.41, 5.74) is 2.06. The van der Waals surface area contributed by atoms with Crippen LogP contribution in [0.15, 0.2) is 24.3 Å². The molecule has 1 spiro atoms. The fraction of sp³-hybridized carbons (Fsp3) is 0.731. The van der Waals surface area contributed by atoms with E-state index in [0.29, 0.717) is 52.0 Å². The van der Waals surface area contributed by atoms with E-state index in [1.165, 1.54) is 11.3 Å². The number of ether oxygens (including phenoxy) is 2. The lowest BCUT2D eigenvalue weighted by Gasteiger charge is -2.38. The van der Waals surface area contributed by atoms with Gasteiger partial charge in [-0.15, -0.1) is 0 Å². The zero-order valence-corrected chi connectivity index (χ0v) is 21.7. The fourth-order valence-corrected chi connectivity index (χ4v) is 7.97. The molecule has 4 saturated heterocycles. The summed E-state index contributed by atoms with van der Waals surface area (Å²) in [4.78, 5) is 17.8. The average molecular weight is 506 g/mol. The van der Waals surface area contributed by atoms with Gasteiger partial charge in [0, 0.05) is 71.1 Å². The Labute approximate surface area is 209 Å². The number of carbonyl (C=O) groups is 1. The molecule has 1 aromatic carbocycles. The number of piperidine rings is 1. The third kappa shape index (κ3) is 5.38. The Kier molecular flexibility index (Phi) is 7.40. The molecule has 0 aliphatic carbocycles. The molecular formula is C26H39N3O5S. The lowest BCUT2D eigenvalue weighted by molar-refractivity contribution is -0.150. The van der Waals surface area contributed by atoms with Crippen LogP contribution in [0, 0.1) is 12.3 Å². The SMILES string of the molecule is Cc1ccc(N2CCN(CC[C@@H]3CC4(CCN(S(=O)(=O)C5CCOCC5)CC4)C(=O)O3)CC2)cc1. The number of nitrogens with zero attached hydrogens (tertiary/aromatic N) is 3. The minimum atomic E-state index is -3.32. The highest BCUT2D eigenvalue weighted by molar-refractivity contribution is 7.89. The smallest absolute Gasteiger partial charge is 0.312 e. The quantitative estimate of drug-likeness (QED) is 0.550. The molecule has 5 rings (SSSR count). The summed E-state index contributed by atoms with van der Waals surface area (Å²) in [5.74, 6) is -0.116. The standard InChI is InChI=1S/C26H39N3O5S/c1-21-2-4-22(5-3-21)28-16-14-27(15-17-28)11-6-23-20-26(25(30)34-23)9-12-29(13-10-26)35(31,32)24-7-18-33-19-8-24/h2-5,23-24H,6-20H2,1H3/t23-/m1/s1. The van der Waals surface area contributed by atoms with Crippen LogP contribution in [0.3, 0.4) is 0 Å². The highest BCUT2D eigenvalue weighted by Gasteiger charge is 2.52. The normalized spacial score (nSPS) is 26.8. The molecule has 0 radical (unpaired) electrons. The van der Waals surface area contributed by atoms with Crippen molar-refractivity contribution in [2.75, 3.05) is 63.9 Å². The number of aryl methyl sites for hydroxylation is 1. The summed E-state index contributed by atoms with van der Waals surface area (Å²) >= 11 is 0. The summed E-state index contributed by atoms with van der Waals surface area (Å²) < 4.78 is 38.9. The van der Waals surface area contributed by atoms with Gasteiger partial charge in [0.15, 0.2) is 0 Å². The summed E-state index contributed by atoms with van der Waals surface area (Å²) in [5, 5.41) is -0.347. The molecule has 35 heavy (non-hydrogen) atoms. The molecule has 9 heteroatoms. The van der Waals surface area contributed by atoms with Gasteiger partial charge in [-0.2, -0.15) is 0 Å². The van der Waals surface area contributed by atoms with Crippen molar-refractivity contribution < 1.29 is 22.7 Å². The lowest BCUT2D eigenvalue weighted by Crippen LogP contribution is -2.48. The number of hydrogen-bond donors (Lipinski definition) is 0. The maximum Gasteiger partial charge on any atom is 0.312 e. The van der Waals surface area contributed by atoms with Crippen LogP contribution in [-0.2, 0) is 24.3 Å². The molecule has 0 N–H and O–H groups in total. The van der Waals surface area contributed by atoms with Crippen LogP contribution >= 0.6 is 0 Å². The monoisotopic (exact) mass is 505 g/mol. The van der Waals surface area contributed by atoms with Crippen molar-refractivity contribution in [1.29, 1.82) is 0 Å². The van der Waals surface area contributed by atoms with Crippen molar-refractivity contribution >= 4 is 21.7 Å². The number of anilines is 1. The number of hydrogen-bond acceptors (Lipinski definition) is 7. The number of cyclic esters (lactones) is 1. The lowest BCUT2D eigenvalue weighted by atomic mass is 9.76. The minimum Gasteiger partial charge on any atom is -0.462 e. The molecular weight excluding hydrogens is 466 g/mol. The number of benzene rings is 1. The van der Waals surface area contributed by atoms with Crippen LogP contribution in [0.2, 0.25) is 0 Å². The van der Waals surface area contributed by atoms with Crippen molar-refractivity contribution in [3.8, 4) is 0 Å². The Morgan fingerprint density at radius 1 is 0.971 bits per heavy atom. The number of carbonyl (C=O) groups excluding carboxylic acids is 1. The largest absolute Gasteiger partial charge is 0.462 e. The van der Waals surface area contributed by atoms with E-state index >= 15 is 0 Å². The predicted molar refractivity (Wildman–Crippen MR) is 135 cm³/mol. The van der Waals surface area contributed by atoms with Gasteiger partial charge < -0.3 is 14.4 Å². The van der Waals surface area contributed by atoms with Gasteiger partial charge in [0.25, 0.3) is 0 Å². The molecule has 4 aliphatic heterocycles. The van der Waals surface area contributed by atoms with E-state index in [1.54, 1.807) is 4.31 Å². The first kappa shape index (κ1) is 25.0. The molecule has 1 aromatic rings. The maximum atomic E-state index is 13.0. The molecule has 1 atom stereocenters. The molecule has 0 aromatic heterocycles. The van der Waals surface area contributed by atoms with Gasteiger partial charge in [0.2, 0.25) is 10.0 Å². The van der Waals surface area contributed by atoms with Crippen molar-refractivity contribution in [3.63, 3.8) is 0 Å². The van der Waals surface area contributed by atoms with Gasteiger partial charge in [0.05, 0.1) is 10.7 Å². The molecule has 194 valence electrons. The van der Waals surface area contributed by atoms with Gasteiger partial charge in [-0.1, -0.05) is 17.7 Å². The van der Waals surface area contributed by atoms with Crippen LogP contribution in [0.25, 0.3) is 0 Å². The number of piperazine rings is 1. The van der Waals surface area contributed by atoms with Gasteiger partial charge >= 0.3 is 5.97 Å². The van der Waals surface area contributed by atoms with Gasteiger partial charge in [-0.05, 0) is 51.2 Å². The molecule has 8 nitrogen and oxygen atoms in total. The van der Waals surface area contributed by atoms with Crippen LogP contribution in [0.1, 0.15) is 44.1 Å². The fourth-order valence-electron chi connectivity index (χ4n) is 6.07. The Hall–Kier alpha value is -1.68. The number of esters is 1. The topological polar surface area (TPSA) is 79.4 Å². The summed E-state index contributed by atoms with van der Waals surface area (Å²) in [7, 11) is -3.32. The van der Waals surface area contributed by atoms with E-state index in [0.717, 1.165) is 45.6 Å². The summed E-state index contributed by atoms with van der Waals surface area (Å²) in [6.45, 7) is 8.94. The third-order valence-electron chi connectivity index (χ3n) is 8.49. The Bertz CT molecular complexity index is 977. The van der Waals surface area contributed by atoms with Crippen LogP contribution in [0.4, 0.5) is 5.69 Å². The van der Waals surface area contributed by atoms with Crippen LogP contribution in [0.5, 0.6) is 0 Å². The second-order valence-corrected chi connectivity index (χ2v) is 12.9. The molecule has 0 amide bonds. The highest BCUT2D eigenvalue weighted by atomic mass is 32.2. The maximum absolute atomic E-state index is 13.0. The van der Waals surface area contributed by atoms with E-state index in [-0.39, 0.29) is 17.3 Å². The van der Waals surface area contributed by atoms with Crippen molar-refractivity contribution in [2.24, 2.45) is 5.41 Å². The first-order valence-corrected chi connectivity index (χ1v) is 14.7. The van der Waals surface area contributed by atoms with E-state index in [4.69, 9.17) is 9.47 Å². The molecule has 0 bridgehead atoms. The predicted octanol–water partition coefficient (Wildman–Crippen LogP) is 2.41. The first-order valence-electron chi connectivity index (χ1n) is 13.2. The Morgan fingerprint density at radius 2 is 1.63 bits per heavy atom. The molecule has 0 unspecified atom stereocenters. The molecule has 0 saturated carbocycles. The summed E-state index contributed by atoms with van der Waals surface area (Å²) in [6, 6.07) is 8.72. The van der Waals surface area contributed by atoms with Crippen LogP contribution < -0.4 is 4.90 Å². The Balaban J connectivity index is 1.08. The van der Waals surface area contributed by atoms with Crippen molar-refractivity contribution in [2.45, 2.75) is 56.8 Å².